The highest BCUT2D eigenvalue weighted by atomic mass is 16.5. The van der Waals surface area contributed by atoms with Gasteiger partial charge in [0.15, 0.2) is 0 Å². The number of aliphatic hydroxyl groups is 1. The second kappa shape index (κ2) is 11.6. The van der Waals surface area contributed by atoms with Gasteiger partial charge in [-0.05, 0) is 79.1 Å². The number of nitrogens with zero attached hydrogens (tertiary/aromatic N) is 1. The average Bonchev–Trinajstić information content (AvgIpc) is 3.52. The van der Waals surface area contributed by atoms with Crippen LogP contribution in [0.25, 0.3) is 16.7 Å². The quantitative estimate of drug-likeness (QED) is 0.129. The number of ketones is 1. The molecule has 2 heterocycles. The lowest BCUT2D eigenvalue weighted by Gasteiger charge is -2.25. The summed E-state index contributed by atoms with van der Waals surface area (Å²) in [5.41, 5.74) is 3.13. The van der Waals surface area contributed by atoms with Crippen molar-refractivity contribution in [2.24, 2.45) is 0 Å². The van der Waals surface area contributed by atoms with E-state index in [0.29, 0.717) is 41.2 Å². The van der Waals surface area contributed by atoms with Crippen molar-refractivity contribution in [2.75, 3.05) is 27.4 Å². The third-order valence-corrected chi connectivity index (χ3v) is 7.22. The van der Waals surface area contributed by atoms with Crippen molar-refractivity contribution < 1.29 is 33.7 Å². The summed E-state index contributed by atoms with van der Waals surface area (Å²) in [6.45, 7) is 2.56. The number of aliphatic hydroxyl groups excluding tert-OH is 1. The maximum atomic E-state index is 13.4. The van der Waals surface area contributed by atoms with Crippen LogP contribution >= 0.6 is 0 Å². The number of esters is 1. The molecule has 1 aliphatic heterocycles. The van der Waals surface area contributed by atoms with Crippen LogP contribution in [0.5, 0.6) is 11.5 Å². The second-order valence-corrected chi connectivity index (χ2v) is 9.54. The van der Waals surface area contributed by atoms with Gasteiger partial charge in [0.1, 0.15) is 17.3 Å². The SMILES string of the molecule is CCOc1ccc(/C(O)=C2/C(=O)C(=O)N(CCc3c[nH]c4ccc(OC)cc34)C2c2ccc(C(=O)OC)cc2)cc1. The highest BCUT2D eigenvalue weighted by Gasteiger charge is 2.46. The summed E-state index contributed by atoms with van der Waals surface area (Å²) in [6.07, 6.45) is 2.32. The Kier molecular flexibility index (Phi) is 7.78. The Morgan fingerprint density at radius 2 is 1.63 bits per heavy atom. The number of amides is 1. The summed E-state index contributed by atoms with van der Waals surface area (Å²) >= 11 is 0. The molecule has 9 heteroatoms. The number of fused-ring (bicyclic) bond motifs is 1. The first-order valence-corrected chi connectivity index (χ1v) is 13.2. The number of benzene rings is 3. The molecule has 1 unspecified atom stereocenters. The maximum Gasteiger partial charge on any atom is 0.337 e. The maximum absolute atomic E-state index is 13.4. The van der Waals surface area contributed by atoms with Gasteiger partial charge in [-0.25, -0.2) is 4.79 Å². The zero-order valence-corrected chi connectivity index (χ0v) is 23.0. The van der Waals surface area contributed by atoms with Crippen molar-refractivity contribution in [3.8, 4) is 11.5 Å². The van der Waals surface area contributed by atoms with Gasteiger partial charge in [0.2, 0.25) is 0 Å². The molecule has 210 valence electrons. The van der Waals surface area contributed by atoms with Gasteiger partial charge in [0, 0.05) is 29.2 Å². The molecule has 0 saturated carbocycles. The number of methoxy groups -OCH3 is 2. The van der Waals surface area contributed by atoms with E-state index in [4.69, 9.17) is 14.2 Å². The van der Waals surface area contributed by atoms with Crippen LogP contribution in [-0.4, -0.2) is 60.0 Å². The van der Waals surface area contributed by atoms with Gasteiger partial charge in [-0.2, -0.15) is 0 Å². The van der Waals surface area contributed by atoms with E-state index in [0.717, 1.165) is 16.5 Å². The summed E-state index contributed by atoms with van der Waals surface area (Å²) in [5, 5.41) is 12.3. The van der Waals surface area contributed by atoms with Crippen LogP contribution in [0.3, 0.4) is 0 Å². The van der Waals surface area contributed by atoms with Crippen LogP contribution in [0.1, 0.15) is 40.0 Å². The predicted octanol–water partition coefficient (Wildman–Crippen LogP) is 5.03. The lowest BCUT2D eigenvalue weighted by Crippen LogP contribution is -2.31. The number of aromatic nitrogens is 1. The van der Waals surface area contributed by atoms with E-state index < -0.39 is 23.7 Å². The van der Waals surface area contributed by atoms with Gasteiger partial charge in [-0.15, -0.1) is 0 Å². The van der Waals surface area contributed by atoms with Crippen molar-refractivity contribution in [1.82, 2.24) is 9.88 Å². The van der Waals surface area contributed by atoms with Crippen LogP contribution in [0.2, 0.25) is 0 Å². The number of aromatic amines is 1. The van der Waals surface area contributed by atoms with Crippen molar-refractivity contribution >= 4 is 34.3 Å². The molecule has 0 spiro atoms. The molecule has 1 fully saturated rings. The second-order valence-electron chi connectivity index (χ2n) is 9.54. The summed E-state index contributed by atoms with van der Waals surface area (Å²) < 4.78 is 15.7. The Balaban J connectivity index is 1.54. The Hall–Kier alpha value is -5.05. The van der Waals surface area contributed by atoms with Crippen molar-refractivity contribution in [3.63, 3.8) is 0 Å². The van der Waals surface area contributed by atoms with Gasteiger partial charge in [-0.3, -0.25) is 9.59 Å². The third kappa shape index (κ3) is 5.26. The highest BCUT2D eigenvalue weighted by Crippen LogP contribution is 2.40. The van der Waals surface area contributed by atoms with E-state index in [1.54, 1.807) is 55.6 Å². The fraction of sp³-hybridized carbons (Fsp3) is 0.219. The number of nitrogens with one attached hydrogen (secondary N) is 1. The molecule has 2 N–H and O–H groups in total. The molecule has 0 radical (unpaired) electrons. The van der Waals surface area contributed by atoms with E-state index in [-0.39, 0.29) is 17.9 Å². The fourth-order valence-corrected chi connectivity index (χ4v) is 5.14. The lowest BCUT2D eigenvalue weighted by molar-refractivity contribution is -0.139. The topological polar surface area (TPSA) is 118 Å². The molecule has 1 saturated heterocycles. The lowest BCUT2D eigenvalue weighted by atomic mass is 9.94. The molecule has 4 aromatic rings. The first-order chi connectivity index (χ1) is 19.9. The number of hydrogen-bond donors (Lipinski definition) is 2. The first kappa shape index (κ1) is 27.5. The number of ether oxygens (including phenoxy) is 3. The molecule has 0 bridgehead atoms. The molecule has 5 rings (SSSR count). The van der Waals surface area contributed by atoms with E-state index >= 15 is 0 Å². The van der Waals surface area contributed by atoms with Gasteiger partial charge < -0.3 is 29.2 Å². The molecular formula is C32H30N2O7. The Morgan fingerprint density at radius 3 is 2.29 bits per heavy atom. The number of carbonyl (C=O) groups excluding carboxylic acids is 3. The largest absolute Gasteiger partial charge is 0.507 e. The number of carbonyl (C=O) groups is 3. The Bertz CT molecular complexity index is 1640. The normalized spacial score (nSPS) is 16.3. The Labute approximate surface area is 236 Å². The molecular weight excluding hydrogens is 524 g/mol. The van der Waals surface area contributed by atoms with Crippen LogP contribution < -0.4 is 9.47 Å². The molecule has 1 aromatic heterocycles. The molecule has 1 amide bonds. The average molecular weight is 555 g/mol. The predicted molar refractivity (Wildman–Crippen MR) is 153 cm³/mol. The molecule has 0 aliphatic carbocycles. The fourth-order valence-electron chi connectivity index (χ4n) is 5.14. The van der Waals surface area contributed by atoms with Crippen LogP contribution in [0, 0.1) is 0 Å². The zero-order valence-electron chi connectivity index (χ0n) is 23.0. The number of likely N-dealkylation sites (tertiary alicyclic amines) is 1. The summed E-state index contributed by atoms with van der Waals surface area (Å²) in [6, 6.07) is 18.0. The van der Waals surface area contributed by atoms with Gasteiger partial charge in [-0.1, -0.05) is 12.1 Å². The van der Waals surface area contributed by atoms with E-state index in [1.165, 1.54) is 12.0 Å². The van der Waals surface area contributed by atoms with Crippen LogP contribution in [0.15, 0.2) is 78.5 Å². The smallest absolute Gasteiger partial charge is 0.337 e. The van der Waals surface area contributed by atoms with Gasteiger partial charge in [0.25, 0.3) is 11.7 Å². The van der Waals surface area contributed by atoms with E-state index in [9.17, 15) is 19.5 Å². The van der Waals surface area contributed by atoms with Crippen molar-refractivity contribution in [3.05, 3.63) is 101 Å². The number of rotatable bonds is 9. The van der Waals surface area contributed by atoms with E-state index in [2.05, 4.69) is 4.98 Å². The van der Waals surface area contributed by atoms with Crippen LogP contribution in [0.4, 0.5) is 0 Å². The number of Topliss-reactive ketones (excluding diaryl/α,β-unsaturated/α-hetero) is 1. The van der Waals surface area contributed by atoms with Crippen molar-refractivity contribution in [2.45, 2.75) is 19.4 Å². The monoisotopic (exact) mass is 554 g/mol. The standard InChI is InChI=1S/C32H30N2O7/c1-4-41-23-11-9-20(10-12-23)29(35)27-28(19-5-7-21(8-6-19)32(38)40-3)34(31(37)30(27)36)16-15-22-18-33-26-14-13-24(39-2)17-25(22)26/h5-14,17-18,28,33,35H,4,15-16H2,1-3H3/b29-27-. The van der Waals surface area contributed by atoms with Crippen molar-refractivity contribution in [1.29, 1.82) is 0 Å². The molecule has 9 nitrogen and oxygen atoms in total. The molecule has 1 atom stereocenters. The van der Waals surface area contributed by atoms with E-state index in [1.807, 2.05) is 31.3 Å². The molecule has 1 aliphatic rings. The molecule has 41 heavy (non-hydrogen) atoms. The number of hydrogen-bond acceptors (Lipinski definition) is 7. The minimum absolute atomic E-state index is 0.0226. The van der Waals surface area contributed by atoms with Crippen LogP contribution in [-0.2, 0) is 20.7 Å². The number of H-pyrrole nitrogens is 1. The zero-order chi connectivity index (χ0) is 29.1. The summed E-state index contributed by atoms with van der Waals surface area (Å²) in [4.78, 5) is 43.6. The summed E-state index contributed by atoms with van der Waals surface area (Å²) in [5.74, 6) is -0.951. The minimum atomic E-state index is -0.868. The third-order valence-electron chi connectivity index (χ3n) is 7.22. The summed E-state index contributed by atoms with van der Waals surface area (Å²) in [7, 11) is 2.89. The Morgan fingerprint density at radius 1 is 0.951 bits per heavy atom. The molecule has 3 aromatic carbocycles. The minimum Gasteiger partial charge on any atom is -0.507 e. The van der Waals surface area contributed by atoms with Gasteiger partial charge >= 0.3 is 5.97 Å². The highest BCUT2D eigenvalue weighted by molar-refractivity contribution is 6.46. The van der Waals surface area contributed by atoms with Gasteiger partial charge in [0.05, 0.1) is 38.0 Å². The first-order valence-electron chi connectivity index (χ1n) is 13.2.